The summed E-state index contributed by atoms with van der Waals surface area (Å²) in [6.45, 7) is 4.02. The molecule has 0 bridgehead atoms. The van der Waals surface area contributed by atoms with Crippen LogP contribution in [0.3, 0.4) is 0 Å². The first kappa shape index (κ1) is 13.1. The maximum atomic E-state index is 6.30. The number of hydrogen-bond donors (Lipinski definition) is 2. The van der Waals surface area contributed by atoms with Gasteiger partial charge in [-0.25, -0.2) is 4.98 Å². The first-order valence-electron chi connectivity index (χ1n) is 5.72. The van der Waals surface area contributed by atoms with Crippen LogP contribution in [-0.2, 0) is 0 Å². The molecule has 18 heavy (non-hydrogen) atoms. The van der Waals surface area contributed by atoms with E-state index in [1.807, 2.05) is 32.0 Å². The summed E-state index contributed by atoms with van der Waals surface area (Å²) in [6.07, 6.45) is 1.75. The van der Waals surface area contributed by atoms with Crippen molar-refractivity contribution in [2.75, 3.05) is 5.73 Å². The van der Waals surface area contributed by atoms with Crippen LogP contribution in [0, 0.1) is 13.8 Å². The number of anilines is 1. The van der Waals surface area contributed by atoms with Crippen LogP contribution < -0.4 is 11.5 Å². The lowest BCUT2D eigenvalue weighted by Crippen LogP contribution is -2.16. The van der Waals surface area contributed by atoms with Crippen molar-refractivity contribution in [1.82, 2.24) is 4.98 Å². The maximum absolute atomic E-state index is 6.30. The van der Waals surface area contributed by atoms with Gasteiger partial charge < -0.3 is 11.5 Å². The van der Waals surface area contributed by atoms with Gasteiger partial charge in [-0.3, -0.25) is 0 Å². The molecule has 0 saturated heterocycles. The van der Waals surface area contributed by atoms with Gasteiger partial charge in [0.15, 0.2) is 0 Å². The predicted molar refractivity (Wildman–Crippen MR) is 78.3 cm³/mol. The topological polar surface area (TPSA) is 64.9 Å². The lowest BCUT2D eigenvalue weighted by atomic mass is 9.95. The second-order valence-electron chi connectivity index (χ2n) is 4.47. The SMILES string of the molecule is Cc1cnc(N)c(C(N)c2ccc(Br)cc2C)c1. The zero-order valence-corrected chi connectivity index (χ0v) is 12.0. The lowest BCUT2D eigenvalue weighted by molar-refractivity contribution is 0.855. The van der Waals surface area contributed by atoms with E-state index in [1.165, 1.54) is 0 Å². The fourth-order valence-electron chi connectivity index (χ4n) is 2.01. The van der Waals surface area contributed by atoms with E-state index in [-0.39, 0.29) is 6.04 Å². The third-order valence-electron chi connectivity index (χ3n) is 2.99. The Balaban J connectivity index is 2.47. The summed E-state index contributed by atoms with van der Waals surface area (Å²) in [7, 11) is 0. The molecule has 2 aromatic rings. The van der Waals surface area contributed by atoms with Crippen molar-refractivity contribution in [2.45, 2.75) is 19.9 Å². The van der Waals surface area contributed by atoms with E-state index in [0.29, 0.717) is 5.82 Å². The van der Waals surface area contributed by atoms with Gasteiger partial charge >= 0.3 is 0 Å². The molecular formula is C14H16BrN3. The third kappa shape index (κ3) is 2.54. The fourth-order valence-corrected chi connectivity index (χ4v) is 2.48. The van der Waals surface area contributed by atoms with Crippen LogP contribution in [0.4, 0.5) is 5.82 Å². The summed E-state index contributed by atoms with van der Waals surface area (Å²) in [6, 6.07) is 7.81. The van der Waals surface area contributed by atoms with Crippen LogP contribution in [0.15, 0.2) is 34.9 Å². The molecule has 0 fully saturated rings. The van der Waals surface area contributed by atoms with Crippen molar-refractivity contribution in [3.05, 3.63) is 57.2 Å². The molecule has 4 N–H and O–H groups in total. The first-order chi connectivity index (χ1) is 8.49. The highest BCUT2D eigenvalue weighted by Crippen LogP contribution is 2.28. The number of halogens is 1. The zero-order chi connectivity index (χ0) is 13.3. The van der Waals surface area contributed by atoms with E-state index >= 15 is 0 Å². The van der Waals surface area contributed by atoms with Gasteiger partial charge in [-0.05, 0) is 48.7 Å². The Hall–Kier alpha value is -1.39. The molecule has 0 aliphatic rings. The number of benzene rings is 1. The third-order valence-corrected chi connectivity index (χ3v) is 3.48. The summed E-state index contributed by atoms with van der Waals surface area (Å²) in [5.41, 5.74) is 16.3. The molecule has 2 rings (SSSR count). The first-order valence-corrected chi connectivity index (χ1v) is 6.52. The Bertz CT molecular complexity index is 581. The molecule has 1 unspecified atom stereocenters. The number of nitrogens with two attached hydrogens (primary N) is 2. The number of rotatable bonds is 2. The summed E-state index contributed by atoms with van der Waals surface area (Å²) in [5.74, 6) is 0.496. The molecule has 1 aromatic carbocycles. The van der Waals surface area contributed by atoms with Gasteiger partial charge in [0.25, 0.3) is 0 Å². The number of hydrogen-bond acceptors (Lipinski definition) is 3. The van der Waals surface area contributed by atoms with Crippen LogP contribution in [0.25, 0.3) is 0 Å². The van der Waals surface area contributed by atoms with Crippen LogP contribution in [-0.4, -0.2) is 4.98 Å². The number of pyridine rings is 1. The quantitative estimate of drug-likeness (QED) is 0.896. The predicted octanol–water partition coefficient (Wildman–Crippen LogP) is 3.09. The molecule has 3 nitrogen and oxygen atoms in total. The standard InChI is InChI=1S/C14H16BrN3/c1-8-5-12(14(17)18-7-8)13(16)11-4-3-10(15)6-9(11)2/h3-7,13H,16H2,1-2H3,(H2,17,18). The number of aryl methyl sites for hydroxylation is 2. The molecule has 1 atom stereocenters. The van der Waals surface area contributed by atoms with Crippen molar-refractivity contribution in [3.63, 3.8) is 0 Å². The van der Waals surface area contributed by atoms with Crippen molar-refractivity contribution in [2.24, 2.45) is 5.73 Å². The Morgan fingerprint density at radius 3 is 2.56 bits per heavy atom. The second kappa shape index (κ2) is 5.08. The van der Waals surface area contributed by atoms with E-state index in [1.54, 1.807) is 6.20 Å². The van der Waals surface area contributed by atoms with E-state index in [0.717, 1.165) is 26.7 Å². The molecule has 0 amide bonds. The van der Waals surface area contributed by atoms with Crippen molar-refractivity contribution >= 4 is 21.7 Å². The molecule has 0 aliphatic heterocycles. The Morgan fingerprint density at radius 2 is 1.89 bits per heavy atom. The highest BCUT2D eigenvalue weighted by Gasteiger charge is 2.15. The minimum atomic E-state index is -0.245. The molecule has 94 valence electrons. The van der Waals surface area contributed by atoms with E-state index < -0.39 is 0 Å². The number of nitrogen functional groups attached to an aromatic ring is 1. The van der Waals surface area contributed by atoms with Crippen LogP contribution in [0.1, 0.15) is 28.3 Å². The minimum Gasteiger partial charge on any atom is -0.383 e. The van der Waals surface area contributed by atoms with Gasteiger partial charge in [0.2, 0.25) is 0 Å². The summed E-state index contributed by atoms with van der Waals surface area (Å²) < 4.78 is 1.05. The highest BCUT2D eigenvalue weighted by molar-refractivity contribution is 9.10. The van der Waals surface area contributed by atoms with Crippen LogP contribution in [0.5, 0.6) is 0 Å². The van der Waals surface area contributed by atoms with Gasteiger partial charge in [-0.15, -0.1) is 0 Å². The largest absolute Gasteiger partial charge is 0.383 e. The smallest absolute Gasteiger partial charge is 0.128 e. The van der Waals surface area contributed by atoms with Crippen molar-refractivity contribution < 1.29 is 0 Å². The fraction of sp³-hybridized carbons (Fsp3) is 0.214. The normalized spacial score (nSPS) is 12.4. The lowest BCUT2D eigenvalue weighted by Gasteiger charge is -2.17. The molecule has 1 heterocycles. The van der Waals surface area contributed by atoms with Crippen molar-refractivity contribution in [1.29, 1.82) is 0 Å². The minimum absolute atomic E-state index is 0.245. The number of nitrogens with zero attached hydrogens (tertiary/aromatic N) is 1. The summed E-state index contributed by atoms with van der Waals surface area (Å²) in [4.78, 5) is 4.16. The average molecular weight is 306 g/mol. The van der Waals surface area contributed by atoms with Gasteiger partial charge in [0, 0.05) is 16.2 Å². The molecule has 0 spiro atoms. The maximum Gasteiger partial charge on any atom is 0.128 e. The Labute approximate surface area is 115 Å². The van der Waals surface area contributed by atoms with E-state index in [9.17, 15) is 0 Å². The van der Waals surface area contributed by atoms with Crippen LogP contribution >= 0.6 is 15.9 Å². The van der Waals surface area contributed by atoms with Crippen LogP contribution in [0.2, 0.25) is 0 Å². The summed E-state index contributed by atoms with van der Waals surface area (Å²) >= 11 is 3.45. The Kier molecular flexibility index (Phi) is 3.68. The Morgan fingerprint density at radius 1 is 1.17 bits per heavy atom. The molecule has 0 saturated carbocycles. The second-order valence-corrected chi connectivity index (χ2v) is 5.38. The van der Waals surface area contributed by atoms with E-state index in [4.69, 9.17) is 11.5 Å². The van der Waals surface area contributed by atoms with Crippen molar-refractivity contribution in [3.8, 4) is 0 Å². The van der Waals surface area contributed by atoms with Gasteiger partial charge in [-0.1, -0.05) is 22.0 Å². The van der Waals surface area contributed by atoms with Gasteiger partial charge in [0.1, 0.15) is 5.82 Å². The molecule has 0 aliphatic carbocycles. The number of aromatic nitrogens is 1. The molecular weight excluding hydrogens is 290 g/mol. The zero-order valence-electron chi connectivity index (χ0n) is 10.4. The monoisotopic (exact) mass is 305 g/mol. The molecule has 4 heteroatoms. The van der Waals surface area contributed by atoms with Gasteiger partial charge in [0.05, 0.1) is 6.04 Å². The average Bonchev–Trinajstić information content (AvgIpc) is 2.31. The molecule has 0 radical (unpaired) electrons. The van der Waals surface area contributed by atoms with E-state index in [2.05, 4.69) is 27.0 Å². The molecule has 1 aromatic heterocycles. The van der Waals surface area contributed by atoms with Gasteiger partial charge in [-0.2, -0.15) is 0 Å². The highest BCUT2D eigenvalue weighted by atomic mass is 79.9. The summed E-state index contributed by atoms with van der Waals surface area (Å²) in [5, 5.41) is 0.